The van der Waals surface area contributed by atoms with E-state index in [1.807, 2.05) is 42.5 Å². The van der Waals surface area contributed by atoms with Crippen LogP contribution in [-0.2, 0) is 0 Å². The highest BCUT2D eigenvalue weighted by atomic mass is 16.6. The maximum Gasteiger partial charge on any atom is 0.269 e. The summed E-state index contributed by atoms with van der Waals surface area (Å²) in [6.45, 7) is 0. The molecule has 0 aliphatic heterocycles. The number of nitriles is 1. The van der Waals surface area contributed by atoms with Crippen molar-refractivity contribution in [3.63, 3.8) is 0 Å². The number of nitrogens with zero attached hydrogens (tertiary/aromatic N) is 2. The molecule has 0 saturated carbocycles. The van der Waals surface area contributed by atoms with Crippen LogP contribution in [-0.4, -0.2) is 4.92 Å². The van der Waals surface area contributed by atoms with Gasteiger partial charge in [0.2, 0.25) is 0 Å². The van der Waals surface area contributed by atoms with E-state index in [1.54, 1.807) is 12.1 Å². The molecule has 0 aliphatic rings. The van der Waals surface area contributed by atoms with Gasteiger partial charge in [-0.25, -0.2) is 0 Å². The Bertz CT molecular complexity index is 874. The summed E-state index contributed by atoms with van der Waals surface area (Å²) < 4.78 is 0. The third-order valence-corrected chi connectivity index (χ3v) is 3.70. The first-order valence-corrected chi connectivity index (χ1v) is 6.82. The van der Waals surface area contributed by atoms with Crippen LogP contribution < -0.4 is 0 Å². The van der Waals surface area contributed by atoms with E-state index >= 15 is 0 Å². The molecule has 1 unspecified atom stereocenters. The van der Waals surface area contributed by atoms with E-state index < -0.39 is 10.8 Å². The predicted octanol–water partition coefficient (Wildman–Crippen LogP) is 4.40. The highest BCUT2D eigenvalue weighted by molar-refractivity contribution is 5.87. The lowest BCUT2D eigenvalue weighted by Crippen LogP contribution is -1.99. The Morgan fingerprint density at radius 2 is 1.64 bits per heavy atom. The Hall–Kier alpha value is -3.19. The summed E-state index contributed by atoms with van der Waals surface area (Å²) in [7, 11) is 0. The molecule has 0 heterocycles. The maximum atomic E-state index is 10.7. The predicted molar refractivity (Wildman–Crippen MR) is 84.5 cm³/mol. The lowest BCUT2D eigenvalue weighted by atomic mass is 9.89. The molecule has 1 atom stereocenters. The first kappa shape index (κ1) is 13.8. The van der Waals surface area contributed by atoms with Crippen LogP contribution in [0, 0.1) is 21.4 Å². The molecule has 0 bridgehead atoms. The Morgan fingerprint density at radius 3 is 2.32 bits per heavy atom. The van der Waals surface area contributed by atoms with Gasteiger partial charge in [0.1, 0.15) is 0 Å². The number of non-ortho nitro benzene ring substituents is 1. The van der Waals surface area contributed by atoms with E-state index in [0.717, 1.165) is 21.9 Å². The van der Waals surface area contributed by atoms with E-state index in [-0.39, 0.29) is 5.69 Å². The molecule has 0 radical (unpaired) electrons. The van der Waals surface area contributed by atoms with Gasteiger partial charge in [0.05, 0.1) is 16.9 Å². The molecule has 0 N–H and O–H groups in total. The van der Waals surface area contributed by atoms with Gasteiger partial charge in [-0.3, -0.25) is 10.1 Å². The monoisotopic (exact) mass is 288 g/mol. The second-order valence-electron chi connectivity index (χ2n) is 4.98. The van der Waals surface area contributed by atoms with Gasteiger partial charge < -0.3 is 0 Å². The van der Waals surface area contributed by atoms with Crippen LogP contribution in [0.25, 0.3) is 10.8 Å². The largest absolute Gasteiger partial charge is 0.269 e. The van der Waals surface area contributed by atoms with Gasteiger partial charge in [0, 0.05) is 12.1 Å². The lowest BCUT2D eigenvalue weighted by Gasteiger charge is -2.13. The number of fused-ring (bicyclic) bond motifs is 1. The highest BCUT2D eigenvalue weighted by Gasteiger charge is 2.17. The first-order valence-electron chi connectivity index (χ1n) is 6.82. The molecule has 3 aromatic rings. The molecule has 3 rings (SSSR count). The zero-order chi connectivity index (χ0) is 15.5. The molecule has 0 amide bonds. The summed E-state index contributed by atoms with van der Waals surface area (Å²) in [5, 5.41) is 22.4. The van der Waals surface area contributed by atoms with Crippen LogP contribution in [0.3, 0.4) is 0 Å². The maximum absolute atomic E-state index is 10.7. The van der Waals surface area contributed by atoms with E-state index in [1.165, 1.54) is 12.1 Å². The second-order valence-corrected chi connectivity index (χ2v) is 4.98. The van der Waals surface area contributed by atoms with Crippen LogP contribution in [0.1, 0.15) is 17.0 Å². The van der Waals surface area contributed by atoms with Crippen LogP contribution in [0.2, 0.25) is 0 Å². The van der Waals surface area contributed by atoms with Crippen molar-refractivity contribution in [2.45, 2.75) is 5.92 Å². The van der Waals surface area contributed by atoms with E-state index in [0.29, 0.717) is 0 Å². The summed E-state index contributed by atoms with van der Waals surface area (Å²) in [5.74, 6) is -0.452. The summed E-state index contributed by atoms with van der Waals surface area (Å²) in [4.78, 5) is 10.3. The van der Waals surface area contributed by atoms with Gasteiger partial charge >= 0.3 is 0 Å². The molecular weight excluding hydrogens is 276 g/mol. The molecule has 106 valence electrons. The van der Waals surface area contributed by atoms with Crippen molar-refractivity contribution < 1.29 is 4.92 Å². The van der Waals surface area contributed by atoms with Crippen molar-refractivity contribution in [1.29, 1.82) is 5.26 Å². The van der Waals surface area contributed by atoms with Crippen molar-refractivity contribution in [3.8, 4) is 6.07 Å². The van der Waals surface area contributed by atoms with Gasteiger partial charge in [-0.2, -0.15) is 5.26 Å². The minimum atomic E-state index is -0.452. The number of hydrogen-bond donors (Lipinski definition) is 0. The minimum Gasteiger partial charge on any atom is -0.258 e. The molecule has 0 saturated heterocycles. The number of nitro groups is 1. The van der Waals surface area contributed by atoms with Crippen LogP contribution in [0.5, 0.6) is 0 Å². The highest BCUT2D eigenvalue weighted by Crippen LogP contribution is 2.31. The molecule has 4 nitrogen and oxygen atoms in total. The third kappa shape index (κ3) is 2.40. The number of hydrogen-bond acceptors (Lipinski definition) is 3. The van der Waals surface area contributed by atoms with E-state index in [4.69, 9.17) is 0 Å². The summed E-state index contributed by atoms with van der Waals surface area (Å²) in [6.07, 6.45) is 0. The zero-order valence-electron chi connectivity index (χ0n) is 11.6. The van der Waals surface area contributed by atoms with Crippen molar-refractivity contribution in [2.75, 3.05) is 0 Å². The van der Waals surface area contributed by atoms with E-state index in [9.17, 15) is 15.4 Å². The Kier molecular flexibility index (Phi) is 3.55. The molecule has 4 heteroatoms. The molecular formula is C18H12N2O2. The van der Waals surface area contributed by atoms with Crippen molar-refractivity contribution in [1.82, 2.24) is 0 Å². The molecule has 0 fully saturated rings. The van der Waals surface area contributed by atoms with Crippen molar-refractivity contribution >= 4 is 16.5 Å². The molecule has 0 aliphatic carbocycles. The Balaban J connectivity index is 2.11. The van der Waals surface area contributed by atoms with Gasteiger partial charge in [0.15, 0.2) is 0 Å². The zero-order valence-corrected chi connectivity index (χ0v) is 11.6. The van der Waals surface area contributed by atoms with Crippen molar-refractivity contribution in [2.24, 2.45) is 0 Å². The van der Waals surface area contributed by atoms with Gasteiger partial charge in [-0.15, -0.1) is 0 Å². The summed E-state index contributed by atoms with van der Waals surface area (Å²) in [6, 6.07) is 22.2. The fourth-order valence-electron chi connectivity index (χ4n) is 2.61. The standard InChI is InChI=1S/C18H12N2O2/c19-12-18(14-8-10-15(11-9-14)20(21)22)17-7-3-5-13-4-1-2-6-16(13)17/h1-11,18H. The van der Waals surface area contributed by atoms with Gasteiger partial charge in [0.25, 0.3) is 5.69 Å². The fourth-order valence-corrected chi connectivity index (χ4v) is 2.61. The smallest absolute Gasteiger partial charge is 0.258 e. The topological polar surface area (TPSA) is 66.9 Å². The fraction of sp³-hybridized carbons (Fsp3) is 0.0556. The third-order valence-electron chi connectivity index (χ3n) is 3.70. The number of benzene rings is 3. The lowest BCUT2D eigenvalue weighted by molar-refractivity contribution is -0.384. The van der Waals surface area contributed by atoms with Crippen molar-refractivity contribution in [3.05, 3.63) is 88.0 Å². The number of rotatable bonds is 3. The van der Waals surface area contributed by atoms with Gasteiger partial charge in [-0.1, -0.05) is 54.6 Å². The first-order chi connectivity index (χ1) is 10.7. The second kappa shape index (κ2) is 5.66. The average molecular weight is 288 g/mol. The van der Waals surface area contributed by atoms with Crippen LogP contribution in [0.15, 0.2) is 66.7 Å². The Morgan fingerprint density at radius 1 is 0.955 bits per heavy atom. The minimum absolute atomic E-state index is 0.0263. The number of nitro benzene ring substituents is 1. The molecule has 0 spiro atoms. The Labute approximate surface area is 127 Å². The SMILES string of the molecule is N#CC(c1ccc([N+](=O)[O-])cc1)c1cccc2ccccc12. The van der Waals surface area contributed by atoms with Crippen LogP contribution >= 0.6 is 0 Å². The summed E-state index contributed by atoms with van der Waals surface area (Å²) >= 11 is 0. The van der Waals surface area contributed by atoms with Crippen LogP contribution in [0.4, 0.5) is 5.69 Å². The summed E-state index contributed by atoms with van der Waals surface area (Å²) in [5.41, 5.74) is 1.69. The molecule has 22 heavy (non-hydrogen) atoms. The normalized spacial score (nSPS) is 11.8. The van der Waals surface area contributed by atoms with Gasteiger partial charge in [-0.05, 0) is 21.9 Å². The average Bonchev–Trinajstić information content (AvgIpc) is 2.56. The quantitative estimate of drug-likeness (QED) is 0.529. The molecule has 3 aromatic carbocycles. The van der Waals surface area contributed by atoms with E-state index in [2.05, 4.69) is 6.07 Å². The molecule has 0 aromatic heterocycles.